The third-order valence-electron chi connectivity index (χ3n) is 3.30. The summed E-state index contributed by atoms with van der Waals surface area (Å²) in [7, 11) is 3.22. The van der Waals surface area contributed by atoms with Gasteiger partial charge in [-0.05, 0) is 24.1 Å². The summed E-state index contributed by atoms with van der Waals surface area (Å²) in [6.07, 6.45) is 2.59. The normalized spacial score (nSPS) is 12.2. The Morgan fingerprint density at radius 2 is 1.86 bits per heavy atom. The quantitative estimate of drug-likeness (QED) is 0.891. The Kier molecular flexibility index (Phi) is 5.09. The van der Waals surface area contributed by atoms with E-state index in [0.717, 1.165) is 24.2 Å². The van der Waals surface area contributed by atoms with E-state index in [1.807, 2.05) is 16.8 Å². The Bertz CT molecular complexity index is 591. The number of hydrogen-bond acceptors (Lipinski definition) is 4. The molecule has 0 bridgehead atoms. The van der Waals surface area contributed by atoms with Gasteiger partial charge in [-0.25, -0.2) is 0 Å². The smallest absolute Gasteiger partial charge is 0.122 e. The van der Waals surface area contributed by atoms with Crippen molar-refractivity contribution in [3.8, 4) is 11.5 Å². The number of hydrogen-bond donors (Lipinski definition) is 1. The SMILES string of the molecule is CCCn1ncc(Cl)c1C(N)c1cc(OC)cc(OC)c1. The molecule has 1 unspecified atom stereocenters. The lowest BCUT2D eigenvalue weighted by molar-refractivity contribution is 0.393. The summed E-state index contributed by atoms with van der Waals surface area (Å²) >= 11 is 6.25. The maximum atomic E-state index is 6.38. The van der Waals surface area contributed by atoms with Crippen LogP contribution in [0.5, 0.6) is 11.5 Å². The molecule has 1 heterocycles. The third-order valence-corrected chi connectivity index (χ3v) is 3.59. The van der Waals surface area contributed by atoms with Crippen LogP contribution in [0.2, 0.25) is 5.02 Å². The molecule has 0 radical (unpaired) electrons. The first-order chi connectivity index (χ1) is 10.1. The second kappa shape index (κ2) is 6.83. The van der Waals surface area contributed by atoms with E-state index >= 15 is 0 Å². The van der Waals surface area contributed by atoms with E-state index in [0.29, 0.717) is 16.5 Å². The van der Waals surface area contributed by atoms with Gasteiger partial charge in [0.05, 0.1) is 37.2 Å². The Morgan fingerprint density at radius 3 is 2.38 bits per heavy atom. The zero-order valence-electron chi connectivity index (χ0n) is 12.5. The number of halogens is 1. The first kappa shape index (κ1) is 15.7. The van der Waals surface area contributed by atoms with E-state index in [1.165, 1.54) is 0 Å². The van der Waals surface area contributed by atoms with Gasteiger partial charge in [0.25, 0.3) is 0 Å². The molecule has 5 nitrogen and oxygen atoms in total. The molecule has 2 aromatic rings. The Labute approximate surface area is 129 Å². The number of rotatable bonds is 6. The van der Waals surface area contributed by atoms with Crippen molar-refractivity contribution >= 4 is 11.6 Å². The molecule has 1 atom stereocenters. The van der Waals surface area contributed by atoms with Gasteiger partial charge in [-0.2, -0.15) is 5.10 Å². The van der Waals surface area contributed by atoms with Crippen LogP contribution in [0.15, 0.2) is 24.4 Å². The monoisotopic (exact) mass is 309 g/mol. The molecule has 2 rings (SSSR count). The lowest BCUT2D eigenvalue weighted by Gasteiger charge is -2.17. The fraction of sp³-hybridized carbons (Fsp3) is 0.400. The first-order valence-electron chi connectivity index (χ1n) is 6.80. The minimum atomic E-state index is -0.393. The van der Waals surface area contributed by atoms with Crippen LogP contribution in [0.25, 0.3) is 0 Å². The van der Waals surface area contributed by atoms with Crippen LogP contribution in [-0.2, 0) is 6.54 Å². The molecule has 0 saturated heterocycles. The van der Waals surface area contributed by atoms with Gasteiger partial charge in [0.2, 0.25) is 0 Å². The van der Waals surface area contributed by atoms with Crippen molar-refractivity contribution in [2.24, 2.45) is 5.73 Å². The van der Waals surface area contributed by atoms with E-state index in [9.17, 15) is 0 Å². The predicted molar refractivity (Wildman–Crippen MR) is 83.1 cm³/mol. The predicted octanol–water partition coefficient (Wildman–Crippen LogP) is 3.01. The Balaban J connectivity index is 2.44. The van der Waals surface area contributed by atoms with E-state index in [2.05, 4.69) is 12.0 Å². The minimum Gasteiger partial charge on any atom is -0.497 e. The number of ether oxygens (including phenoxy) is 2. The number of aromatic nitrogens is 2. The molecule has 1 aromatic heterocycles. The van der Waals surface area contributed by atoms with Crippen molar-refractivity contribution < 1.29 is 9.47 Å². The summed E-state index contributed by atoms with van der Waals surface area (Å²) in [5.41, 5.74) is 8.05. The minimum absolute atomic E-state index is 0.393. The summed E-state index contributed by atoms with van der Waals surface area (Å²) in [4.78, 5) is 0. The number of benzene rings is 1. The van der Waals surface area contributed by atoms with Gasteiger partial charge >= 0.3 is 0 Å². The molecular weight excluding hydrogens is 290 g/mol. The molecule has 1 aromatic carbocycles. The highest BCUT2D eigenvalue weighted by Gasteiger charge is 2.19. The molecule has 0 aliphatic heterocycles. The molecule has 0 amide bonds. The van der Waals surface area contributed by atoms with E-state index in [4.69, 9.17) is 26.8 Å². The molecule has 0 fully saturated rings. The highest BCUT2D eigenvalue weighted by Crippen LogP contribution is 2.31. The number of aryl methyl sites for hydroxylation is 1. The van der Waals surface area contributed by atoms with E-state index in [1.54, 1.807) is 26.5 Å². The molecule has 0 aliphatic carbocycles. The highest BCUT2D eigenvalue weighted by atomic mass is 35.5. The van der Waals surface area contributed by atoms with Gasteiger partial charge in [-0.3, -0.25) is 4.68 Å². The molecular formula is C15H20ClN3O2. The van der Waals surface area contributed by atoms with Crippen LogP contribution in [0.3, 0.4) is 0 Å². The van der Waals surface area contributed by atoms with Crippen LogP contribution >= 0.6 is 11.6 Å². The second-order valence-electron chi connectivity index (χ2n) is 4.72. The van der Waals surface area contributed by atoms with Crippen molar-refractivity contribution in [3.05, 3.63) is 40.7 Å². The molecule has 0 spiro atoms. The Morgan fingerprint density at radius 1 is 1.24 bits per heavy atom. The average Bonchev–Trinajstić information content (AvgIpc) is 2.87. The van der Waals surface area contributed by atoms with Crippen molar-refractivity contribution in [1.82, 2.24) is 9.78 Å². The van der Waals surface area contributed by atoms with Crippen LogP contribution in [-0.4, -0.2) is 24.0 Å². The number of methoxy groups -OCH3 is 2. The maximum absolute atomic E-state index is 6.38. The molecule has 21 heavy (non-hydrogen) atoms. The summed E-state index contributed by atoms with van der Waals surface area (Å²) < 4.78 is 12.4. The lowest BCUT2D eigenvalue weighted by Crippen LogP contribution is -2.18. The molecule has 0 aliphatic rings. The fourth-order valence-electron chi connectivity index (χ4n) is 2.24. The largest absolute Gasteiger partial charge is 0.497 e. The summed E-state index contributed by atoms with van der Waals surface area (Å²) in [5, 5.41) is 4.85. The fourth-order valence-corrected chi connectivity index (χ4v) is 2.50. The average molecular weight is 310 g/mol. The van der Waals surface area contributed by atoms with Gasteiger partial charge < -0.3 is 15.2 Å². The van der Waals surface area contributed by atoms with Crippen molar-refractivity contribution in [3.63, 3.8) is 0 Å². The summed E-state index contributed by atoms with van der Waals surface area (Å²) in [6, 6.07) is 5.18. The van der Waals surface area contributed by atoms with Crippen molar-refractivity contribution in [1.29, 1.82) is 0 Å². The van der Waals surface area contributed by atoms with Crippen LogP contribution < -0.4 is 15.2 Å². The lowest BCUT2D eigenvalue weighted by atomic mass is 10.0. The topological polar surface area (TPSA) is 62.3 Å². The van der Waals surface area contributed by atoms with E-state index in [-0.39, 0.29) is 0 Å². The van der Waals surface area contributed by atoms with E-state index < -0.39 is 6.04 Å². The van der Waals surface area contributed by atoms with Crippen LogP contribution in [0.4, 0.5) is 0 Å². The van der Waals surface area contributed by atoms with Gasteiger partial charge in [0.1, 0.15) is 11.5 Å². The molecule has 0 saturated carbocycles. The van der Waals surface area contributed by atoms with Crippen molar-refractivity contribution in [2.45, 2.75) is 25.9 Å². The molecule has 114 valence electrons. The summed E-state index contributed by atoms with van der Waals surface area (Å²) in [5.74, 6) is 1.38. The maximum Gasteiger partial charge on any atom is 0.122 e. The number of nitrogens with two attached hydrogens (primary N) is 1. The summed E-state index contributed by atoms with van der Waals surface area (Å²) in [6.45, 7) is 2.86. The van der Waals surface area contributed by atoms with Gasteiger partial charge in [-0.1, -0.05) is 18.5 Å². The Hall–Kier alpha value is -1.72. The van der Waals surface area contributed by atoms with Gasteiger partial charge in [-0.15, -0.1) is 0 Å². The number of nitrogens with zero attached hydrogens (tertiary/aromatic N) is 2. The van der Waals surface area contributed by atoms with Crippen LogP contribution in [0, 0.1) is 0 Å². The molecule has 6 heteroatoms. The second-order valence-corrected chi connectivity index (χ2v) is 5.13. The van der Waals surface area contributed by atoms with Gasteiger partial charge in [0.15, 0.2) is 0 Å². The third kappa shape index (κ3) is 3.31. The standard InChI is InChI=1S/C15H20ClN3O2/c1-4-5-19-15(13(16)9-18-19)14(17)10-6-11(20-2)8-12(7-10)21-3/h6-9,14H,4-5,17H2,1-3H3. The van der Waals surface area contributed by atoms with Crippen molar-refractivity contribution in [2.75, 3.05) is 14.2 Å². The highest BCUT2D eigenvalue weighted by molar-refractivity contribution is 6.31. The van der Waals surface area contributed by atoms with Gasteiger partial charge in [0, 0.05) is 12.6 Å². The zero-order valence-corrected chi connectivity index (χ0v) is 13.2. The first-order valence-corrected chi connectivity index (χ1v) is 7.18. The van der Waals surface area contributed by atoms with Crippen LogP contribution in [0.1, 0.15) is 30.6 Å². The zero-order chi connectivity index (χ0) is 15.4. The molecule has 2 N–H and O–H groups in total.